The van der Waals surface area contributed by atoms with Crippen LogP contribution in [0.3, 0.4) is 0 Å². The molecule has 0 saturated heterocycles. The molecule has 0 aliphatic carbocycles. The molecule has 3 aliphatic heterocycles. The van der Waals surface area contributed by atoms with Crippen molar-refractivity contribution >= 4 is 15.9 Å². The van der Waals surface area contributed by atoms with Gasteiger partial charge >= 0.3 is 21.8 Å². The highest BCUT2D eigenvalue weighted by Crippen LogP contribution is 2.80. The normalized spacial score (nSPS) is 15.6. The molecule has 0 unspecified atom stereocenters. The third kappa shape index (κ3) is 7.56. The lowest BCUT2D eigenvalue weighted by Crippen LogP contribution is -2.27. The Kier molecular flexibility index (Phi) is 10.1. The Hall–Kier alpha value is -5.02. The second kappa shape index (κ2) is 14.8. The summed E-state index contributed by atoms with van der Waals surface area (Å²) in [7, 11) is -7.53. The van der Waals surface area contributed by atoms with E-state index in [1.165, 1.54) is 0 Å². The molecule has 6 aromatic carbocycles. The van der Waals surface area contributed by atoms with Gasteiger partial charge in [0.1, 0.15) is 0 Å². The minimum atomic E-state index is -3.80. The van der Waals surface area contributed by atoms with Crippen LogP contribution in [0.15, 0.2) is 72.8 Å². The third-order valence-corrected chi connectivity index (χ3v) is 17.9. The maximum Gasteiger partial charge on any atom is 0.592 e. The van der Waals surface area contributed by atoms with Crippen LogP contribution >= 0.6 is 15.9 Å². The second-order valence-corrected chi connectivity index (χ2v) is 25.3. The predicted molar refractivity (Wildman–Crippen MR) is 263 cm³/mol. The summed E-state index contributed by atoms with van der Waals surface area (Å²) >= 11 is 0. The highest BCUT2D eigenvalue weighted by molar-refractivity contribution is 7.80. The van der Waals surface area contributed by atoms with Gasteiger partial charge in [0.15, 0.2) is 34.5 Å². The molecule has 0 N–H and O–H groups in total. The second-order valence-electron chi connectivity index (χ2n) is 20.6. The lowest BCUT2D eigenvalue weighted by atomic mass is 9.80. The van der Waals surface area contributed by atoms with Crippen LogP contribution in [0.5, 0.6) is 34.5 Å². The Morgan fingerprint density at radius 3 is 0.746 bits per heavy atom. The number of hydrogen-bond donors (Lipinski definition) is 0. The van der Waals surface area contributed by atoms with Crippen LogP contribution in [0, 0.1) is 69.2 Å². The Morgan fingerprint density at radius 1 is 0.302 bits per heavy atom. The van der Waals surface area contributed by atoms with Gasteiger partial charge in [-0.15, -0.1) is 0 Å². The first-order chi connectivity index (χ1) is 29.4. The highest BCUT2D eigenvalue weighted by atomic mass is 31.3. The Morgan fingerprint density at radius 2 is 0.508 bits per heavy atom. The number of hydrogen-bond acceptors (Lipinski definition) is 6. The van der Waals surface area contributed by atoms with E-state index in [2.05, 4.69) is 184 Å². The molecular weight excluding hydrogens is 819 g/mol. The van der Waals surface area contributed by atoms with E-state index in [9.17, 15) is 0 Å². The molecule has 0 saturated carbocycles. The van der Waals surface area contributed by atoms with Gasteiger partial charge < -0.3 is 0 Å². The van der Waals surface area contributed by atoms with Gasteiger partial charge in [0.2, 0.25) is 0 Å². The quantitative estimate of drug-likeness (QED) is 0.142. The first-order valence-electron chi connectivity index (χ1n) is 22.1. The number of aryl methyl sites for hydroxylation is 10. The van der Waals surface area contributed by atoms with Crippen LogP contribution in [0.4, 0.5) is 0 Å². The number of fused-ring (bicyclic) bond motifs is 9. The molecule has 0 atom stereocenters. The minimum absolute atomic E-state index is 0.0345. The molecule has 0 amide bonds. The first kappa shape index (κ1) is 43.2. The maximum atomic E-state index is 7.87. The molecule has 6 nitrogen and oxygen atoms in total. The van der Waals surface area contributed by atoms with Gasteiger partial charge in [0, 0.05) is 44.5 Å². The molecule has 2 spiro atoms. The summed E-state index contributed by atoms with van der Waals surface area (Å²) in [5.41, 5.74) is 17.9. The van der Waals surface area contributed by atoms with Crippen molar-refractivity contribution in [3.8, 4) is 67.9 Å². The van der Waals surface area contributed by atoms with E-state index in [1.54, 1.807) is 0 Å². The lowest BCUT2D eigenvalue weighted by molar-refractivity contribution is 0.336. The topological polar surface area (TPSA) is 55.4 Å². The fourth-order valence-corrected chi connectivity index (χ4v) is 16.0. The van der Waals surface area contributed by atoms with Crippen LogP contribution < -0.4 is 27.1 Å². The van der Waals surface area contributed by atoms with Crippen molar-refractivity contribution in [1.29, 1.82) is 0 Å². The van der Waals surface area contributed by atoms with E-state index < -0.39 is 15.9 Å². The first-order valence-corrected chi connectivity index (χ1v) is 25.6. The van der Waals surface area contributed by atoms with Crippen LogP contribution in [0.25, 0.3) is 33.4 Å². The zero-order valence-electron chi connectivity index (χ0n) is 40.0. The smallest absolute Gasteiger partial charge is 0.268 e. The van der Waals surface area contributed by atoms with Crippen LogP contribution in [0.1, 0.15) is 108 Å². The van der Waals surface area contributed by atoms with Crippen molar-refractivity contribution in [2.24, 2.45) is 0 Å². The Labute approximate surface area is 376 Å². The summed E-state index contributed by atoms with van der Waals surface area (Å²) in [6.45, 7) is 34.7. The van der Waals surface area contributed by atoms with Gasteiger partial charge in [-0.1, -0.05) is 77.9 Å². The van der Waals surface area contributed by atoms with Gasteiger partial charge in [-0.3, -0.25) is 27.1 Å². The molecule has 0 bridgehead atoms. The molecule has 3 aliphatic rings. The van der Waals surface area contributed by atoms with Crippen molar-refractivity contribution in [3.63, 3.8) is 0 Å². The summed E-state index contributed by atoms with van der Waals surface area (Å²) in [6, 6.07) is 26.5. The molecule has 0 aromatic heterocycles. The largest absolute Gasteiger partial charge is 0.592 e. The molecular formula is C55H62O6P2+2. The molecule has 8 heteroatoms. The summed E-state index contributed by atoms with van der Waals surface area (Å²) in [5, 5.41) is 0. The molecule has 326 valence electrons. The molecule has 0 fully saturated rings. The van der Waals surface area contributed by atoms with E-state index in [-0.39, 0.29) is 16.7 Å². The summed E-state index contributed by atoms with van der Waals surface area (Å²) in [6.07, 6.45) is 0. The van der Waals surface area contributed by atoms with Crippen molar-refractivity contribution in [1.82, 2.24) is 0 Å². The van der Waals surface area contributed by atoms with E-state index in [1.807, 2.05) is 0 Å². The summed E-state index contributed by atoms with van der Waals surface area (Å²) in [5.74, 6) is 4.35. The Bertz CT molecular complexity index is 2780. The van der Waals surface area contributed by atoms with Crippen molar-refractivity contribution in [2.75, 3.05) is 5.90 Å². The van der Waals surface area contributed by atoms with Gasteiger partial charge in [-0.25, -0.2) is 0 Å². The van der Waals surface area contributed by atoms with Gasteiger partial charge in [-0.05, 0) is 172 Å². The molecule has 63 heavy (non-hydrogen) atoms. The maximum absolute atomic E-state index is 7.87. The highest BCUT2D eigenvalue weighted by Gasteiger charge is 2.73. The van der Waals surface area contributed by atoms with E-state index in [0.29, 0.717) is 11.5 Å². The van der Waals surface area contributed by atoms with Crippen LogP contribution in [-0.4, -0.2) is 5.90 Å². The van der Waals surface area contributed by atoms with E-state index >= 15 is 0 Å². The van der Waals surface area contributed by atoms with Gasteiger partial charge in [0.05, 0.1) is 0 Å². The predicted octanol–water partition coefficient (Wildman–Crippen LogP) is 16.6. The zero-order valence-corrected chi connectivity index (χ0v) is 41.8. The standard InChI is InChI=1S/C55H62O6P2/c1-30-17-36(7)48-40(21-30)41-22-31(2)18-37(8)49(41)57-62(56-48)29-63(59-51-39(10)20-33(4)24-43(51)42-23-32(3)19-38(9)50(42)58-62)60-52-44(25-34(5)27-46(52)54(11,12)13)45-26-35(6)28-47(53(45)61-63)55(14,15)16/h17-28H,29H2,1-16H3/q+2. The monoisotopic (exact) mass is 880 g/mol. The van der Waals surface area contributed by atoms with Crippen molar-refractivity contribution in [3.05, 3.63) is 140 Å². The molecule has 6 aromatic rings. The summed E-state index contributed by atoms with van der Waals surface area (Å²) in [4.78, 5) is 0. The van der Waals surface area contributed by atoms with Crippen molar-refractivity contribution in [2.45, 2.75) is 122 Å². The molecule has 0 radical (unpaired) electrons. The summed E-state index contributed by atoms with van der Waals surface area (Å²) < 4.78 is 46.7. The van der Waals surface area contributed by atoms with E-state index in [0.717, 1.165) is 123 Å². The minimum Gasteiger partial charge on any atom is -0.268 e. The molecule has 3 heterocycles. The van der Waals surface area contributed by atoms with Crippen molar-refractivity contribution < 1.29 is 27.1 Å². The SMILES string of the molecule is Cc1cc(C)c2c(c1)-c1cc(C)cc(C)c1O[P+]1(C[P+]3(Oc4c(C)cc(C)cc4-c4cc(C)cc(C)c4O1)Oc1c(cc(C)cc1C(C)(C)C)-c1cc(C)cc(C(C)(C)C)c1O3)O2. The third-order valence-electron chi connectivity index (χ3n) is 12.4. The Balaban J connectivity index is 1.45. The zero-order chi connectivity index (χ0) is 45.3. The average Bonchev–Trinajstić information content (AvgIpc) is 3.35. The van der Waals surface area contributed by atoms with E-state index in [4.69, 9.17) is 27.1 Å². The fourth-order valence-electron chi connectivity index (χ4n) is 9.69. The van der Waals surface area contributed by atoms with Gasteiger partial charge in [-0.2, -0.15) is 0 Å². The van der Waals surface area contributed by atoms with Crippen LogP contribution in [-0.2, 0) is 10.8 Å². The van der Waals surface area contributed by atoms with Gasteiger partial charge in [0.25, 0.3) is 0 Å². The molecule has 9 rings (SSSR count). The lowest BCUT2D eigenvalue weighted by Gasteiger charge is -2.29. The number of benzene rings is 6. The fraction of sp³-hybridized carbons (Fsp3) is 0.345. The average molecular weight is 881 g/mol. The van der Waals surface area contributed by atoms with Crippen LogP contribution in [0.2, 0.25) is 0 Å². The number of rotatable bonds is 0.